The van der Waals surface area contributed by atoms with E-state index in [2.05, 4.69) is 4.52 Å². The first kappa shape index (κ1) is 14.6. The maximum absolute atomic E-state index is 10.2. The molecule has 0 aromatic rings. The van der Waals surface area contributed by atoms with Gasteiger partial charge in [-0.2, -0.15) is 0 Å². The number of rotatable bonds is 9. The van der Waals surface area contributed by atoms with Gasteiger partial charge < -0.3 is 14.9 Å². The maximum atomic E-state index is 10.2. The lowest BCUT2D eigenvalue weighted by Crippen LogP contribution is -1.94. The summed E-state index contributed by atoms with van der Waals surface area (Å²) >= 11 is 0. The number of hydrogen-bond acceptors (Lipinski definition) is 3. The summed E-state index contributed by atoms with van der Waals surface area (Å²) in [5, 5.41) is 8.34. The quantitative estimate of drug-likeness (QED) is 0.417. The molecule has 0 aliphatic rings. The van der Waals surface area contributed by atoms with Crippen molar-refractivity contribution in [2.75, 3.05) is 6.61 Å². The topological polar surface area (TPSA) is 104 Å². The molecule has 0 bridgehead atoms. The monoisotopic (exact) mass is 240 g/mol. The lowest BCUT2D eigenvalue weighted by molar-refractivity contribution is -0.137. The molecular formula is C8H17O6P. The molecule has 7 heteroatoms. The van der Waals surface area contributed by atoms with Gasteiger partial charge in [0.2, 0.25) is 0 Å². The molecule has 0 aliphatic carbocycles. The molecule has 0 heterocycles. The average molecular weight is 240 g/mol. The van der Waals surface area contributed by atoms with Crippen LogP contribution in [0.2, 0.25) is 0 Å². The summed E-state index contributed by atoms with van der Waals surface area (Å²) < 4.78 is 14.5. The highest BCUT2D eigenvalue weighted by atomic mass is 31.2. The van der Waals surface area contributed by atoms with Gasteiger partial charge in [-0.25, -0.2) is 4.57 Å². The first-order valence-corrected chi connectivity index (χ1v) is 6.37. The van der Waals surface area contributed by atoms with Gasteiger partial charge in [-0.15, -0.1) is 0 Å². The van der Waals surface area contributed by atoms with Crippen LogP contribution in [-0.4, -0.2) is 27.5 Å². The van der Waals surface area contributed by atoms with Crippen LogP contribution in [0.1, 0.15) is 38.5 Å². The summed E-state index contributed by atoms with van der Waals surface area (Å²) in [4.78, 5) is 26.8. The standard InChI is InChI=1S/C8H17O6P/c9-8(10)6-4-2-1-3-5-7-14-15(11,12)13/h1-7H2,(H,9,10)(H2,11,12,13). The number of unbranched alkanes of at least 4 members (excludes halogenated alkanes) is 4. The molecule has 0 radical (unpaired) electrons. The smallest absolute Gasteiger partial charge is 0.469 e. The Hall–Kier alpha value is -0.420. The molecule has 0 fully saturated rings. The van der Waals surface area contributed by atoms with Gasteiger partial charge in [0.1, 0.15) is 0 Å². The number of aliphatic carboxylic acids is 1. The van der Waals surface area contributed by atoms with E-state index in [4.69, 9.17) is 14.9 Å². The normalized spacial score (nSPS) is 11.6. The Morgan fingerprint density at radius 2 is 1.60 bits per heavy atom. The Morgan fingerprint density at radius 1 is 1.07 bits per heavy atom. The van der Waals surface area contributed by atoms with Crippen molar-refractivity contribution in [3.05, 3.63) is 0 Å². The zero-order valence-corrected chi connectivity index (χ0v) is 9.36. The first-order chi connectivity index (χ1) is 6.92. The molecule has 90 valence electrons. The van der Waals surface area contributed by atoms with Gasteiger partial charge in [0.05, 0.1) is 6.61 Å². The third-order valence-corrected chi connectivity index (χ3v) is 2.31. The van der Waals surface area contributed by atoms with E-state index >= 15 is 0 Å². The number of phosphoric ester groups is 1. The van der Waals surface area contributed by atoms with E-state index in [9.17, 15) is 9.36 Å². The highest BCUT2D eigenvalue weighted by Crippen LogP contribution is 2.35. The highest BCUT2D eigenvalue weighted by molar-refractivity contribution is 7.46. The predicted molar refractivity (Wildman–Crippen MR) is 53.3 cm³/mol. The Balaban J connectivity index is 3.12. The fraction of sp³-hybridized carbons (Fsp3) is 0.875. The Bertz CT molecular complexity index is 223. The molecule has 0 aliphatic heterocycles. The Kier molecular flexibility index (Phi) is 7.60. The largest absolute Gasteiger partial charge is 0.481 e. The van der Waals surface area contributed by atoms with Crippen molar-refractivity contribution in [3.8, 4) is 0 Å². The van der Waals surface area contributed by atoms with Crippen LogP contribution in [0, 0.1) is 0 Å². The van der Waals surface area contributed by atoms with Crippen LogP contribution in [0.25, 0.3) is 0 Å². The van der Waals surface area contributed by atoms with E-state index < -0.39 is 13.8 Å². The summed E-state index contributed by atoms with van der Waals surface area (Å²) in [5.74, 6) is -0.792. The molecular weight excluding hydrogens is 223 g/mol. The Labute approximate surface area is 88.5 Å². The van der Waals surface area contributed by atoms with Crippen molar-refractivity contribution >= 4 is 13.8 Å². The minimum absolute atomic E-state index is 0.0448. The molecule has 15 heavy (non-hydrogen) atoms. The third-order valence-electron chi connectivity index (χ3n) is 1.79. The summed E-state index contributed by atoms with van der Waals surface area (Å²) in [5.41, 5.74) is 0. The van der Waals surface area contributed by atoms with E-state index in [1.54, 1.807) is 0 Å². The average Bonchev–Trinajstić information content (AvgIpc) is 2.07. The Morgan fingerprint density at radius 3 is 2.13 bits per heavy atom. The molecule has 3 N–H and O–H groups in total. The second-order valence-corrected chi connectivity index (χ2v) is 4.47. The van der Waals surface area contributed by atoms with Gasteiger partial charge in [0.15, 0.2) is 0 Å². The van der Waals surface area contributed by atoms with Crippen LogP contribution in [0.4, 0.5) is 0 Å². The summed E-state index contributed by atoms with van der Waals surface area (Å²) in [7, 11) is -4.32. The van der Waals surface area contributed by atoms with Crippen LogP contribution >= 0.6 is 7.82 Å². The summed E-state index contributed by atoms with van der Waals surface area (Å²) in [6.45, 7) is 0.0448. The molecule has 0 unspecified atom stereocenters. The minimum Gasteiger partial charge on any atom is -0.481 e. The highest BCUT2D eigenvalue weighted by Gasteiger charge is 2.12. The molecule has 6 nitrogen and oxygen atoms in total. The van der Waals surface area contributed by atoms with E-state index in [-0.39, 0.29) is 13.0 Å². The number of hydrogen-bond donors (Lipinski definition) is 3. The summed E-state index contributed by atoms with van der Waals surface area (Å²) in [6, 6.07) is 0. The van der Waals surface area contributed by atoms with Crippen molar-refractivity contribution in [2.45, 2.75) is 38.5 Å². The van der Waals surface area contributed by atoms with Gasteiger partial charge in [-0.3, -0.25) is 9.32 Å². The SMILES string of the molecule is O=C(O)CCCCCCCOP(=O)(O)O. The molecule has 0 atom stereocenters. The lowest BCUT2D eigenvalue weighted by atomic mass is 10.1. The van der Waals surface area contributed by atoms with E-state index in [0.29, 0.717) is 12.8 Å². The van der Waals surface area contributed by atoms with Crippen molar-refractivity contribution in [1.29, 1.82) is 0 Å². The van der Waals surface area contributed by atoms with Gasteiger partial charge in [0, 0.05) is 6.42 Å². The molecule has 0 spiro atoms. The van der Waals surface area contributed by atoms with E-state index in [0.717, 1.165) is 19.3 Å². The molecule has 0 amide bonds. The van der Waals surface area contributed by atoms with Gasteiger partial charge in [0.25, 0.3) is 0 Å². The van der Waals surface area contributed by atoms with Gasteiger partial charge in [-0.05, 0) is 12.8 Å². The maximum Gasteiger partial charge on any atom is 0.469 e. The second-order valence-electron chi connectivity index (χ2n) is 3.24. The number of carbonyl (C=O) groups is 1. The second kappa shape index (κ2) is 7.82. The van der Waals surface area contributed by atoms with Crippen LogP contribution in [0.5, 0.6) is 0 Å². The number of carboxylic acid groups (broad SMARTS) is 1. The molecule has 0 saturated carbocycles. The van der Waals surface area contributed by atoms with Crippen molar-refractivity contribution in [3.63, 3.8) is 0 Å². The lowest BCUT2D eigenvalue weighted by Gasteiger charge is -2.04. The van der Waals surface area contributed by atoms with E-state index in [1.807, 2.05) is 0 Å². The predicted octanol–water partition coefficient (Wildman–Crippen LogP) is 1.52. The van der Waals surface area contributed by atoms with Crippen LogP contribution in [-0.2, 0) is 13.9 Å². The zero-order valence-electron chi connectivity index (χ0n) is 8.46. The number of phosphoric acid groups is 1. The van der Waals surface area contributed by atoms with Crippen LogP contribution in [0.15, 0.2) is 0 Å². The molecule has 0 aromatic heterocycles. The zero-order chi connectivity index (χ0) is 11.7. The number of carboxylic acids is 1. The molecule has 0 rings (SSSR count). The molecule has 0 aromatic carbocycles. The fourth-order valence-electron chi connectivity index (χ4n) is 1.09. The first-order valence-electron chi connectivity index (χ1n) is 4.84. The van der Waals surface area contributed by atoms with Crippen LogP contribution in [0.3, 0.4) is 0 Å². The van der Waals surface area contributed by atoms with Crippen molar-refractivity contribution in [2.24, 2.45) is 0 Å². The van der Waals surface area contributed by atoms with Gasteiger partial charge in [-0.1, -0.05) is 19.3 Å². The van der Waals surface area contributed by atoms with E-state index in [1.165, 1.54) is 0 Å². The summed E-state index contributed by atoms with van der Waals surface area (Å²) in [6.07, 6.45) is 3.88. The fourth-order valence-corrected chi connectivity index (χ4v) is 1.46. The van der Waals surface area contributed by atoms with Gasteiger partial charge >= 0.3 is 13.8 Å². The molecule has 0 saturated heterocycles. The van der Waals surface area contributed by atoms with Crippen molar-refractivity contribution < 1.29 is 28.8 Å². The van der Waals surface area contributed by atoms with Crippen molar-refractivity contribution in [1.82, 2.24) is 0 Å². The third kappa shape index (κ3) is 13.6. The minimum atomic E-state index is -4.32. The van der Waals surface area contributed by atoms with Crippen LogP contribution < -0.4 is 0 Å².